The zero-order chi connectivity index (χ0) is 22.9. The van der Waals surface area contributed by atoms with E-state index in [1.807, 2.05) is 24.3 Å². The zero-order valence-corrected chi connectivity index (χ0v) is 20.0. The minimum absolute atomic E-state index is 0.0245. The fourth-order valence-electron chi connectivity index (χ4n) is 5.80. The van der Waals surface area contributed by atoms with Crippen molar-refractivity contribution in [3.05, 3.63) is 59.7 Å². The first-order valence-electron chi connectivity index (χ1n) is 12.6. The molecule has 0 spiro atoms. The molecule has 2 saturated heterocycles. The fraction of sp³-hybridized carbons (Fsp3) is 0.536. The van der Waals surface area contributed by atoms with Gasteiger partial charge in [0.2, 0.25) is 0 Å². The van der Waals surface area contributed by atoms with Crippen LogP contribution in [0.4, 0.5) is 0 Å². The van der Waals surface area contributed by atoms with Gasteiger partial charge in [-0.05, 0) is 73.5 Å². The van der Waals surface area contributed by atoms with Crippen LogP contribution < -0.4 is 0 Å². The third kappa shape index (κ3) is 4.72. The smallest absolute Gasteiger partial charge is 0.253 e. The topological polar surface area (TPSA) is 47.0 Å². The lowest BCUT2D eigenvalue weighted by Crippen LogP contribution is -2.67. The first-order valence-corrected chi connectivity index (χ1v) is 12.6. The van der Waals surface area contributed by atoms with Crippen molar-refractivity contribution in [2.75, 3.05) is 46.9 Å². The minimum Gasteiger partial charge on any atom is -0.395 e. The molecule has 1 saturated carbocycles. The molecule has 1 N–H and O–H groups in total. The maximum atomic E-state index is 12.2. The van der Waals surface area contributed by atoms with E-state index in [1.54, 1.807) is 19.0 Å². The molecule has 0 aromatic heterocycles. The highest BCUT2D eigenvalue weighted by Gasteiger charge is 2.49. The molecule has 0 unspecified atom stereocenters. The van der Waals surface area contributed by atoms with Gasteiger partial charge in [-0.2, -0.15) is 0 Å². The second-order valence-electron chi connectivity index (χ2n) is 10.4. The number of amides is 1. The summed E-state index contributed by atoms with van der Waals surface area (Å²) < 4.78 is 0. The number of carbonyl (C=O) groups excluding carboxylic acids is 1. The summed E-state index contributed by atoms with van der Waals surface area (Å²) in [5.41, 5.74) is 4.32. The van der Waals surface area contributed by atoms with Crippen LogP contribution in [-0.4, -0.2) is 84.7 Å². The first-order chi connectivity index (χ1) is 16.0. The van der Waals surface area contributed by atoms with Crippen LogP contribution in [-0.2, 0) is 0 Å². The van der Waals surface area contributed by atoms with Gasteiger partial charge in [0, 0.05) is 50.7 Å². The number of nitrogens with zero attached hydrogens (tertiary/aromatic N) is 3. The molecule has 1 amide bonds. The van der Waals surface area contributed by atoms with E-state index in [-0.39, 0.29) is 18.6 Å². The summed E-state index contributed by atoms with van der Waals surface area (Å²) in [7, 11) is 3.55. The molecular weight excluding hydrogens is 410 g/mol. The molecule has 33 heavy (non-hydrogen) atoms. The van der Waals surface area contributed by atoms with Gasteiger partial charge in [-0.3, -0.25) is 9.69 Å². The first kappa shape index (κ1) is 22.6. The van der Waals surface area contributed by atoms with Crippen LogP contribution in [0.2, 0.25) is 0 Å². The summed E-state index contributed by atoms with van der Waals surface area (Å²) in [6.45, 7) is 4.95. The molecule has 1 aliphatic carbocycles. The van der Waals surface area contributed by atoms with Crippen LogP contribution in [0.5, 0.6) is 0 Å². The van der Waals surface area contributed by atoms with Crippen molar-refractivity contribution in [2.24, 2.45) is 5.92 Å². The molecule has 5 rings (SSSR count). The predicted molar refractivity (Wildman–Crippen MR) is 132 cm³/mol. The third-order valence-electron chi connectivity index (χ3n) is 7.83. The molecule has 3 aliphatic rings. The Labute approximate surface area is 198 Å². The zero-order valence-electron chi connectivity index (χ0n) is 20.0. The molecule has 5 heteroatoms. The van der Waals surface area contributed by atoms with Crippen molar-refractivity contribution in [2.45, 2.75) is 43.7 Å². The van der Waals surface area contributed by atoms with Crippen molar-refractivity contribution < 1.29 is 9.90 Å². The van der Waals surface area contributed by atoms with Gasteiger partial charge in [0.15, 0.2) is 0 Å². The van der Waals surface area contributed by atoms with E-state index >= 15 is 0 Å². The molecular formula is C28H37N3O2. The van der Waals surface area contributed by atoms with Gasteiger partial charge in [-0.25, -0.2) is 0 Å². The van der Waals surface area contributed by atoms with E-state index in [0.717, 1.165) is 30.1 Å². The maximum Gasteiger partial charge on any atom is 0.253 e. The van der Waals surface area contributed by atoms with E-state index in [2.05, 4.69) is 34.1 Å². The molecule has 2 aliphatic heterocycles. The van der Waals surface area contributed by atoms with Gasteiger partial charge in [-0.1, -0.05) is 36.4 Å². The van der Waals surface area contributed by atoms with Crippen LogP contribution in [0.25, 0.3) is 11.1 Å². The van der Waals surface area contributed by atoms with Crippen LogP contribution in [0.3, 0.4) is 0 Å². The second kappa shape index (κ2) is 9.57. The van der Waals surface area contributed by atoms with Crippen molar-refractivity contribution in [3.63, 3.8) is 0 Å². The molecule has 2 heterocycles. The highest BCUT2D eigenvalue weighted by Crippen LogP contribution is 2.43. The predicted octanol–water partition coefficient (Wildman–Crippen LogP) is 3.69. The average Bonchev–Trinajstić information content (AvgIpc) is 3.63. The van der Waals surface area contributed by atoms with Gasteiger partial charge >= 0.3 is 0 Å². The largest absolute Gasteiger partial charge is 0.395 e. The fourth-order valence-corrected chi connectivity index (χ4v) is 5.80. The quantitative estimate of drug-likeness (QED) is 0.734. The summed E-state index contributed by atoms with van der Waals surface area (Å²) in [6, 6.07) is 17.5. The number of hydrogen-bond donors (Lipinski definition) is 1. The Hall–Kier alpha value is -2.21. The van der Waals surface area contributed by atoms with Gasteiger partial charge in [0.25, 0.3) is 5.91 Å². The number of aliphatic hydroxyl groups excluding tert-OH is 1. The van der Waals surface area contributed by atoms with Gasteiger partial charge < -0.3 is 14.9 Å². The number of aliphatic hydroxyl groups is 1. The van der Waals surface area contributed by atoms with Crippen molar-refractivity contribution in [1.29, 1.82) is 0 Å². The Morgan fingerprint density at radius 3 is 2.21 bits per heavy atom. The molecule has 2 aromatic rings. The average molecular weight is 448 g/mol. The number of fused-ring (bicyclic) bond motifs is 1. The van der Waals surface area contributed by atoms with Crippen LogP contribution in [0.1, 0.15) is 47.5 Å². The van der Waals surface area contributed by atoms with Gasteiger partial charge in [0.05, 0.1) is 6.61 Å². The van der Waals surface area contributed by atoms with Gasteiger partial charge in [0.1, 0.15) is 0 Å². The molecule has 0 radical (unpaired) electrons. The molecule has 2 aromatic carbocycles. The summed E-state index contributed by atoms with van der Waals surface area (Å²) in [5, 5.41) is 10.2. The number of rotatable bonds is 6. The minimum atomic E-state index is 0.0245. The third-order valence-corrected chi connectivity index (χ3v) is 7.83. The highest BCUT2D eigenvalue weighted by molar-refractivity contribution is 5.94. The summed E-state index contributed by atoms with van der Waals surface area (Å²) >= 11 is 0. The standard InChI is InChI=1S/C28H37N3O2/c1-29(2)28(33)24-13-9-22(10-14-24)21-7-11-23(12-8-21)27-25-18-30(17-20-5-6-20)15-3-4-16-31(25)26(27)19-32/h7-14,20,25-27,32H,3-6,15-19H2,1-2H3/t25-,26+,27-/m0/s1. The van der Waals surface area contributed by atoms with Crippen molar-refractivity contribution >= 4 is 5.91 Å². The Bertz CT molecular complexity index is 952. The highest BCUT2D eigenvalue weighted by atomic mass is 16.3. The molecule has 3 atom stereocenters. The second-order valence-corrected chi connectivity index (χ2v) is 10.4. The van der Waals surface area contributed by atoms with Gasteiger partial charge in [-0.15, -0.1) is 0 Å². The Morgan fingerprint density at radius 1 is 0.970 bits per heavy atom. The van der Waals surface area contributed by atoms with Crippen LogP contribution in [0, 0.1) is 5.92 Å². The summed E-state index contributed by atoms with van der Waals surface area (Å²) in [5.74, 6) is 1.34. The van der Waals surface area contributed by atoms with E-state index in [0.29, 0.717) is 17.5 Å². The summed E-state index contributed by atoms with van der Waals surface area (Å²) in [4.78, 5) is 19.0. The molecule has 176 valence electrons. The number of carbonyl (C=O) groups is 1. The van der Waals surface area contributed by atoms with E-state index in [4.69, 9.17) is 0 Å². The maximum absolute atomic E-state index is 12.2. The van der Waals surface area contributed by atoms with Crippen LogP contribution >= 0.6 is 0 Å². The lowest BCUT2D eigenvalue weighted by molar-refractivity contribution is -0.0649. The number of hydrogen-bond acceptors (Lipinski definition) is 4. The lowest BCUT2D eigenvalue weighted by atomic mass is 9.74. The van der Waals surface area contributed by atoms with Crippen molar-refractivity contribution in [3.8, 4) is 11.1 Å². The molecule has 3 fully saturated rings. The van der Waals surface area contributed by atoms with Crippen molar-refractivity contribution in [1.82, 2.24) is 14.7 Å². The SMILES string of the molecule is CN(C)C(=O)c1ccc(-c2ccc([C@@H]3[C@@H](CO)N4CCCCN(CC5CC5)C[C@@H]34)cc2)cc1. The normalized spacial score (nSPS) is 26.1. The van der Waals surface area contributed by atoms with Crippen LogP contribution in [0.15, 0.2) is 48.5 Å². The number of benzene rings is 2. The Morgan fingerprint density at radius 2 is 1.61 bits per heavy atom. The van der Waals surface area contributed by atoms with E-state index in [1.165, 1.54) is 44.3 Å². The van der Waals surface area contributed by atoms with E-state index < -0.39 is 0 Å². The molecule has 5 nitrogen and oxygen atoms in total. The Balaban J connectivity index is 1.32. The Kier molecular flexibility index (Phi) is 6.55. The summed E-state index contributed by atoms with van der Waals surface area (Å²) in [6.07, 6.45) is 5.30. The molecule has 0 bridgehead atoms. The monoisotopic (exact) mass is 447 g/mol. The lowest BCUT2D eigenvalue weighted by Gasteiger charge is -2.57. The van der Waals surface area contributed by atoms with E-state index in [9.17, 15) is 9.90 Å².